The van der Waals surface area contributed by atoms with E-state index in [4.69, 9.17) is 38.4 Å². The molecule has 100 valence electrons. The van der Waals surface area contributed by atoms with Crippen LogP contribution in [0.2, 0.25) is 10.0 Å². The van der Waals surface area contributed by atoms with Crippen LogP contribution in [0.5, 0.6) is 5.75 Å². The van der Waals surface area contributed by atoms with Crippen molar-refractivity contribution in [3.8, 4) is 5.75 Å². The van der Waals surface area contributed by atoms with Crippen molar-refractivity contribution in [2.75, 3.05) is 18.9 Å². The van der Waals surface area contributed by atoms with Gasteiger partial charge < -0.3 is 15.2 Å². The topological polar surface area (TPSA) is 61.5 Å². The van der Waals surface area contributed by atoms with E-state index in [1.54, 1.807) is 6.92 Å². The zero-order valence-electron chi connectivity index (χ0n) is 10.3. The molecular formula is C12H15Cl2NO3. The van der Waals surface area contributed by atoms with Crippen molar-refractivity contribution in [1.82, 2.24) is 0 Å². The van der Waals surface area contributed by atoms with Gasteiger partial charge in [-0.2, -0.15) is 0 Å². The van der Waals surface area contributed by atoms with E-state index in [1.165, 1.54) is 6.07 Å². The number of hydrogen-bond acceptors (Lipinski definition) is 4. The Balaban J connectivity index is 3.18. The zero-order valence-corrected chi connectivity index (χ0v) is 11.8. The van der Waals surface area contributed by atoms with Crippen LogP contribution in [0, 0.1) is 0 Å². The van der Waals surface area contributed by atoms with E-state index in [2.05, 4.69) is 0 Å². The van der Waals surface area contributed by atoms with Crippen LogP contribution in [0.25, 0.3) is 0 Å². The lowest BCUT2D eigenvalue weighted by Crippen LogP contribution is -2.11. The van der Waals surface area contributed by atoms with E-state index in [9.17, 15) is 4.79 Å². The van der Waals surface area contributed by atoms with Gasteiger partial charge in [0.05, 0.1) is 18.2 Å². The lowest BCUT2D eigenvalue weighted by atomic mass is 10.1. The average Bonchev–Trinajstić information content (AvgIpc) is 2.31. The molecule has 0 spiro atoms. The summed E-state index contributed by atoms with van der Waals surface area (Å²) in [5.41, 5.74) is 6.01. The van der Waals surface area contributed by atoms with E-state index in [-0.39, 0.29) is 27.0 Å². The lowest BCUT2D eigenvalue weighted by molar-refractivity contribution is 0.0506. The van der Waals surface area contributed by atoms with Crippen LogP contribution in [0.1, 0.15) is 30.6 Å². The van der Waals surface area contributed by atoms with Crippen LogP contribution < -0.4 is 10.5 Å². The van der Waals surface area contributed by atoms with Crippen molar-refractivity contribution in [2.24, 2.45) is 0 Å². The molecule has 0 fully saturated rings. The minimum absolute atomic E-state index is 0.0861. The first-order valence-electron chi connectivity index (χ1n) is 5.60. The second-order valence-corrected chi connectivity index (χ2v) is 4.32. The summed E-state index contributed by atoms with van der Waals surface area (Å²) < 4.78 is 10.3. The molecule has 1 aromatic carbocycles. The Kier molecular flexibility index (Phi) is 5.56. The van der Waals surface area contributed by atoms with Gasteiger partial charge in [0, 0.05) is 5.69 Å². The number of ether oxygens (including phenoxy) is 2. The van der Waals surface area contributed by atoms with Gasteiger partial charge in [-0.1, -0.05) is 30.1 Å². The van der Waals surface area contributed by atoms with Crippen molar-refractivity contribution in [3.05, 3.63) is 21.7 Å². The number of carbonyl (C=O) groups is 1. The Morgan fingerprint density at radius 2 is 2.06 bits per heavy atom. The van der Waals surface area contributed by atoms with Crippen molar-refractivity contribution in [1.29, 1.82) is 0 Å². The molecule has 0 aliphatic carbocycles. The molecule has 0 aliphatic heterocycles. The van der Waals surface area contributed by atoms with E-state index >= 15 is 0 Å². The molecule has 4 nitrogen and oxygen atoms in total. The number of hydrogen-bond donors (Lipinski definition) is 1. The summed E-state index contributed by atoms with van der Waals surface area (Å²) in [6.45, 7) is 4.37. The molecule has 0 aromatic heterocycles. The summed E-state index contributed by atoms with van der Waals surface area (Å²) in [4.78, 5) is 11.8. The fraction of sp³-hybridized carbons (Fsp3) is 0.417. The first-order chi connectivity index (χ1) is 8.52. The highest BCUT2D eigenvalue weighted by molar-refractivity contribution is 6.40. The van der Waals surface area contributed by atoms with Crippen LogP contribution in [0.4, 0.5) is 5.69 Å². The smallest absolute Gasteiger partial charge is 0.341 e. The molecule has 18 heavy (non-hydrogen) atoms. The van der Waals surface area contributed by atoms with E-state index in [1.807, 2.05) is 6.92 Å². The Labute approximate surface area is 116 Å². The standard InChI is InChI=1S/C12H15Cl2NO3/c1-3-5-18-12(16)9-8(15)6-7(13)11(10(9)14)17-4-2/h6H,3-5,15H2,1-2H3. The summed E-state index contributed by atoms with van der Waals surface area (Å²) in [5, 5.41) is 0.356. The van der Waals surface area contributed by atoms with E-state index in [0.717, 1.165) is 6.42 Å². The number of esters is 1. The van der Waals surface area contributed by atoms with Gasteiger partial charge >= 0.3 is 5.97 Å². The molecule has 0 radical (unpaired) electrons. The third kappa shape index (κ3) is 3.21. The second kappa shape index (κ2) is 6.71. The van der Waals surface area contributed by atoms with Crippen molar-refractivity contribution >= 4 is 34.9 Å². The highest BCUT2D eigenvalue weighted by Crippen LogP contribution is 2.39. The van der Waals surface area contributed by atoms with Crippen LogP contribution >= 0.6 is 23.2 Å². The van der Waals surface area contributed by atoms with E-state index < -0.39 is 5.97 Å². The Hall–Kier alpha value is -1.13. The third-order valence-corrected chi connectivity index (χ3v) is 2.78. The molecule has 0 heterocycles. The van der Waals surface area contributed by atoms with Gasteiger partial charge in [0.1, 0.15) is 10.6 Å². The SMILES string of the molecule is CCCOC(=O)c1c(N)cc(Cl)c(OCC)c1Cl. The molecule has 0 atom stereocenters. The number of nitrogens with two attached hydrogens (primary N) is 1. The number of halogens is 2. The van der Waals surface area contributed by atoms with Crippen LogP contribution in [-0.4, -0.2) is 19.2 Å². The normalized spacial score (nSPS) is 10.2. The van der Waals surface area contributed by atoms with Gasteiger partial charge in [-0.3, -0.25) is 0 Å². The molecule has 0 saturated carbocycles. The maximum Gasteiger partial charge on any atom is 0.341 e. The largest absolute Gasteiger partial charge is 0.491 e. The van der Waals surface area contributed by atoms with E-state index in [0.29, 0.717) is 13.2 Å². The van der Waals surface area contributed by atoms with Gasteiger partial charge in [0.25, 0.3) is 0 Å². The number of anilines is 1. The number of benzene rings is 1. The Morgan fingerprint density at radius 3 is 2.61 bits per heavy atom. The fourth-order valence-corrected chi connectivity index (χ4v) is 2.03. The molecule has 1 rings (SSSR count). The average molecular weight is 292 g/mol. The predicted octanol–water partition coefficient (Wildman–Crippen LogP) is 3.54. The maximum absolute atomic E-state index is 11.8. The van der Waals surface area contributed by atoms with Crippen LogP contribution in [0.15, 0.2) is 6.07 Å². The molecule has 1 aromatic rings. The molecular weight excluding hydrogens is 277 g/mol. The highest BCUT2D eigenvalue weighted by Gasteiger charge is 2.22. The first-order valence-corrected chi connectivity index (χ1v) is 6.35. The first kappa shape index (κ1) is 14.9. The minimum atomic E-state index is -0.572. The summed E-state index contributed by atoms with van der Waals surface area (Å²) in [6, 6.07) is 1.43. The molecule has 0 bridgehead atoms. The van der Waals surface area contributed by atoms with Gasteiger partial charge in [-0.05, 0) is 19.4 Å². The third-order valence-electron chi connectivity index (χ3n) is 2.14. The lowest BCUT2D eigenvalue weighted by Gasteiger charge is -2.13. The van der Waals surface area contributed by atoms with Crippen molar-refractivity contribution in [2.45, 2.75) is 20.3 Å². The quantitative estimate of drug-likeness (QED) is 0.666. The van der Waals surface area contributed by atoms with Gasteiger partial charge in [0.15, 0.2) is 5.75 Å². The molecule has 6 heteroatoms. The molecule has 0 unspecified atom stereocenters. The monoisotopic (exact) mass is 291 g/mol. The zero-order chi connectivity index (χ0) is 13.7. The summed E-state index contributed by atoms with van der Waals surface area (Å²) in [5.74, 6) is -0.324. The number of nitrogen functional groups attached to an aromatic ring is 1. The second-order valence-electron chi connectivity index (χ2n) is 3.53. The summed E-state index contributed by atoms with van der Waals surface area (Å²) in [6.07, 6.45) is 0.717. The Bertz CT molecular complexity index is 449. The Morgan fingerprint density at radius 1 is 1.39 bits per heavy atom. The molecule has 0 amide bonds. The molecule has 0 aliphatic rings. The fourth-order valence-electron chi connectivity index (χ4n) is 1.37. The highest BCUT2D eigenvalue weighted by atomic mass is 35.5. The number of rotatable bonds is 5. The van der Waals surface area contributed by atoms with Gasteiger partial charge in [0.2, 0.25) is 0 Å². The molecule has 0 saturated heterocycles. The summed E-state index contributed by atoms with van der Waals surface area (Å²) in [7, 11) is 0. The van der Waals surface area contributed by atoms with Crippen molar-refractivity contribution < 1.29 is 14.3 Å². The van der Waals surface area contributed by atoms with Crippen LogP contribution in [-0.2, 0) is 4.74 Å². The van der Waals surface area contributed by atoms with Gasteiger partial charge in [-0.25, -0.2) is 4.79 Å². The van der Waals surface area contributed by atoms with Crippen molar-refractivity contribution in [3.63, 3.8) is 0 Å². The maximum atomic E-state index is 11.8. The van der Waals surface area contributed by atoms with Crippen LogP contribution in [0.3, 0.4) is 0 Å². The minimum Gasteiger partial charge on any atom is -0.491 e. The molecule has 2 N–H and O–H groups in total. The summed E-state index contributed by atoms with van der Waals surface area (Å²) >= 11 is 12.0. The predicted molar refractivity (Wildman–Crippen MR) is 72.6 cm³/mol. The van der Waals surface area contributed by atoms with Gasteiger partial charge in [-0.15, -0.1) is 0 Å². The number of carbonyl (C=O) groups excluding carboxylic acids is 1.